The number of hydrogen-bond donors (Lipinski definition) is 2. The summed E-state index contributed by atoms with van der Waals surface area (Å²) < 4.78 is 12.7. The second-order valence-electron chi connectivity index (χ2n) is 3.49. The summed E-state index contributed by atoms with van der Waals surface area (Å²) in [5.74, 6) is -1.38. The van der Waals surface area contributed by atoms with Gasteiger partial charge in [-0.25, -0.2) is 4.39 Å². The molecule has 0 aromatic heterocycles. The van der Waals surface area contributed by atoms with Crippen molar-refractivity contribution in [2.24, 2.45) is 0 Å². The highest BCUT2D eigenvalue weighted by Gasteiger charge is 2.11. The van der Waals surface area contributed by atoms with Gasteiger partial charge in [0.15, 0.2) is 0 Å². The number of phenols is 1. The fourth-order valence-electron chi connectivity index (χ4n) is 1.18. The van der Waals surface area contributed by atoms with Crippen LogP contribution in [0.5, 0.6) is 5.75 Å². The van der Waals surface area contributed by atoms with E-state index in [0.717, 1.165) is 12.1 Å². The first-order valence-corrected chi connectivity index (χ1v) is 5.35. The Morgan fingerprint density at radius 2 is 2.31 bits per heavy atom. The van der Waals surface area contributed by atoms with Gasteiger partial charge in [0, 0.05) is 18.0 Å². The SMILES string of the molecule is CC(Cl)CCNC(=O)c1ccc(F)cc1O. The molecule has 0 aliphatic carbocycles. The first-order chi connectivity index (χ1) is 7.50. The van der Waals surface area contributed by atoms with Crippen LogP contribution in [0.3, 0.4) is 0 Å². The lowest BCUT2D eigenvalue weighted by atomic mass is 10.2. The molecule has 1 amide bonds. The van der Waals surface area contributed by atoms with Gasteiger partial charge in [0.25, 0.3) is 5.91 Å². The molecule has 1 rings (SSSR count). The van der Waals surface area contributed by atoms with Crippen molar-refractivity contribution < 1.29 is 14.3 Å². The van der Waals surface area contributed by atoms with Crippen LogP contribution in [0.1, 0.15) is 23.7 Å². The summed E-state index contributed by atoms with van der Waals surface area (Å²) >= 11 is 5.71. The third kappa shape index (κ3) is 3.70. The van der Waals surface area contributed by atoms with Crippen molar-refractivity contribution in [3.8, 4) is 5.75 Å². The molecule has 5 heteroatoms. The smallest absolute Gasteiger partial charge is 0.255 e. The molecule has 0 saturated heterocycles. The number of benzene rings is 1. The van der Waals surface area contributed by atoms with Crippen molar-refractivity contribution in [1.82, 2.24) is 5.32 Å². The molecular formula is C11H13ClFNO2. The van der Waals surface area contributed by atoms with Gasteiger partial charge in [-0.1, -0.05) is 0 Å². The molecule has 1 aromatic rings. The highest BCUT2D eigenvalue weighted by Crippen LogP contribution is 2.17. The second kappa shape index (κ2) is 5.70. The molecule has 0 saturated carbocycles. The van der Waals surface area contributed by atoms with E-state index in [1.165, 1.54) is 6.07 Å². The Morgan fingerprint density at radius 1 is 1.62 bits per heavy atom. The molecular weight excluding hydrogens is 233 g/mol. The summed E-state index contributed by atoms with van der Waals surface area (Å²) in [4.78, 5) is 11.5. The Bertz CT molecular complexity index is 382. The minimum absolute atomic E-state index is 0.0258. The molecule has 0 bridgehead atoms. The van der Waals surface area contributed by atoms with Gasteiger partial charge >= 0.3 is 0 Å². The minimum atomic E-state index is -0.580. The minimum Gasteiger partial charge on any atom is -0.507 e. The summed E-state index contributed by atoms with van der Waals surface area (Å²) in [6, 6.07) is 3.27. The quantitative estimate of drug-likeness (QED) is 0.800. The van der Waals surface area contributed by atoms with Crippen molar-refractivity contribution in [2.45, 2.75) is 18.7 Å². The Hall–Kier alpha value is -1.29. The number of amides is 1. The first-order valence-electron chi connectivity index (χ1n) is 4.91. The van der Waals surface area contributed by atoms with E-state index in [1.807, 2.05) is 6.92 Å². The molecule has 1 aromatic carbocycles. The fourth-order valence-corrected chi connectivity index (χ4v) is 1.29. The molecule has 0 radical (unpaired) electrons. The van der Waals surface area contributed by atoms with Gasteiger partial charge in [0.2, 0.25) is 0 Å². The molecule has 0 spiro atoms. The van der Waals surface area contributed by atoms with Crippen molar-refractivity contribution in [3.05, 3.63) is 29.6 Å². The normalized spacial score (nSPS) is 12.2. The maximum absolute atomic E-state index is 12.7. The summed E-state index contributed by atoms with van der Waals surface area (Å²) in [6.45, 7) is 2.24. The van der Waals surface area contributed by atoms with E-state index in [-0.39, 0.29) is 16.7 Å². The lowest BCUT2D eigenvalue weighted by molar-refractivity contribution is 0.0950. The third-order valence-electron chi connectivity index (χ3n) is 2.03. The molecule has 16 heavy (non-hydrogen) atoms. The summed E-state index contributed by atoms with van der Waals surface area (Å²) in [5, 5.41) is 11.9. The highest BCUT2D eigenvalue weighted by molar-refractivity contribution is 6.20. The van der Waals surface area contributed by atoms with Crippen molar-refractivity contribution in [1.29, 1.82) is 0 Å². The molecule has 1 atom stereocenters. The molecule has 0 fully saturated rings. The van der Waals surface area contributed by atoms with Crippen molar-refractivity contribution in [3.63, 3.8) is 0 Å². The largest absolute Gasteiger partial charge is 0.507 e. The number of rotatable bonds is 4. The number of nitrogens with one attached hydrogen (secondary N) is 1. The highest BCUT2D eigenvalue weighted by atomic mass is 35.5. The molecule has 3 nitrogen and oxygen atoms in total. The standard InChI is InChI=1S/C11H13ClFNO2/c1-7(12)4-5-14-11(16)9-3-2-8(13)6-10(9)15/h2-3,6-7,15H,4-5H2,1H3,(H,14,16). The average Bonchev–Trinajstić information content (AvgIpc) is 2.16. The number of halogens is 2. The number of carbonyl (C=O) groups is 1. The van der Waals surface area contributed by atoms with Crippen molar-refractivity contribution in [2.75, 3.05) is 6.54 Å². The fraction of sp³-hybridized carbons (Fsp3) is 0.364. The van der Waals surface area contributed by atoms with Gasteiger partial charge in [-0.2, -0.15) is 0 Å². The Morgan fingerprint density at radius 3 is 2.88 bits per heavy atom. The van der Waals surface area contributed by atoms with E-state index in [2.05, 4.69) is 5.32 Å². The molecule has 2 N–H and O–H groups in total. The Labute approximate surface area is 98.2 Å². The van der Waals surface area contributed by atoms with Crippen LogP contribution in [0, 0.1) is 5.82 Å². The van der Waals surface area contributed by atoms with Gasteiger partial charge in [-0.15, -0.1) is 11.6 Å². The zero-order valence-electron chi connectivity index (χ0n) is 8.84. The average molecular weight is 246 g/mol. The maximum Gasteiger partial charge on any atom is 0.255 e. The van der Waals surface area contributed by atoms with Gasteiger partial charge in [0.1, 0.15) is 11.6 Å². The van der Waals surface area contributed by atoms with Gasteiger partial charge < -0.3 is 10.4 Å². The number of alkyl halides is 1. The topological polar surface area (TPSA) is 49.3 Å². The van der Waals surface area contributed by atoms with Gasteiger partial charge in [-0.05, 0) is 25.5 Å². The number of carbonyl (C=O) groups excluding carboxylic acids is 1. The van der Waals surface area contributed by atoms with Crippen LogP contribution >= 0.6 is 11.6 Å². The van der Waals surface area contributed by atoms with Gasteiger partial charge in [-0.3, -0.25) is 4.79 Å². The zero-order valence-corrected chi connectivity index (χ0v) is 9.59. The van der Waals surface area contributed by atoms with E-state index in [0.29, 0.717) is 13.0 Å². The predicted octanol–water partition coefficient (Wildman–Crippen LogP) is 2.28. The zero-order chi connectivity index (χ0) is 12.1. The molecule has 0 aliphatic heterocycles. The van der Waals surface area contributed by atoms with Gasteiger partial charge in [0.05, 0.1) is 5.56 Å². The van der Waals surface area contributed by atoms with E-state index in [1.54, 1.807) is 0 Å². The summed E-state index contributed by atoms with van der Waals surface area (Å²) in [5.41, 5.74) is 0.0589. The van der Waals surface area contributed by atoms with Crippen LogP contribution in [0.25, 0.3) is 0 Å². The molecule has 1 unspecified atom stereocenters. The molecule has 0 heterocycles. The molecule has 88 valence electrons. The van der Waals surface area contributed by atoms with E-state index in [9.17, 15) is 14.3 Å². The van der Waals surface area contributed by atoms with Crippen LogP contribution in [-0.4, -0.2) is 22.9 Å². The maximum atomic E-state index is 12.7. The van der Waals surface area contributed by atoms with Crippen LogP contribution in [0.2, 0.25) is 0 Å². The van der Waals surface area contributed by atoms with Crippen LogP contribution in [0.15, 0.2) is 18.2 Å². The third-order valence-corrected chi connectivity index (χ3v) is 2.25. The summed E-state index contributed by atoms with van der Waals surface area (Å²) in [6.07, 6.45) is 0.634. The molecule has 0 aliphatic rings. The monoisotopic (exact) mass is 245 g/mol. The van der Waals surface area contributed by atoms with Crippen LogP contribution in [-0.2, 0) is 0 Å². The van der Waals surface area contributed by atoms with E-state index < -0.39 is 11.7 Å². The second-order valence-corrected chi connectivity index (χ2v) is 4.23. The lowest BCUT2D eigenvalue weighted by Gasteiger charge is -2.07. The number of phenolic OH excluding ortho intramolecular Hbond substituents is 1. The Kier molecular flexibility index (Phi) is 4.55. The predicted molar refractivity (Wildman–Crippen MR) is 60.3 cm³/mol. The first kappa shape index (κ1) is 12.8. The van der Waals surface area contributed by atoms with Crippen molar-refractivity contribution >= 4 is 17.5 Å². The van der Waals surface area contributed by atoms with E-state index >= 15 is 0 Å². The van der Waals surface area contributed by atoms with Crippen LogP contribution in [0.4, 0.5) is 4.39 Å². The lowest BCUT2D eigenvalue weighted by Crippen LogP contribution is -2.25. The number of hydrogen-bond acceptors (Lipinski definition) is 2. The Balaban J connectivity index is 2.59. The summed E-state index contributed by atoms with van der Waals surface area (Å²) in [7, 11) is 0. The van der Waals surface area contributed by atoms with Crippen LogP contribution < -0.4 is 5.32 Å². The van der Waals surface area contributed by atoms with E-state index in [4.69, 9.17) is 11.6 Å². The number of aromatic hydroxyl groups is 1.